The van der Waals surface area contributed by atoms with Crippen molar-refractivity contribution >= 4 is 33.4 Å². The number of carbonyl (C=O) groups is 2. The van der Waals surface area contributed by atoms with E-state index in [0.29, 0.717) is 11.1 Å². The number of carbonyl (C=O) groups excluding carboxylic acids is 1. The minimum absolute atomic E-state index is 0.0374. The largest absolute Gasteiger partial charge is 0.465 e. The quantitative estimate of drug-likeness (QED) is 0.449. The Balaban J connectivity index is 1.89. The molecule has 11 heteroatoms. The van der Waals surface area contributed by atoms with Crippen molar-refractivity contribution in [3.05, 3.63) is 35.0 Å². The van der Waals surface area contributed by atoms with Gasteiger partial charge in [0.25, 0.3) is 0 Å². The van der Waals surface area contributed by atoms with Crippen molar-refractivity contribution in [2.24, 2.45) is 0 Å². The summed E-state index contributed by atoms with van der Waals surface area (Å²) in [5.74, 6) is 0.0269. The summed E-state index contributed by atoms with van der Waals surface area (Å²) < 4.78 is 29.3. The second-order valence-electron chi connectivity index (χ2n) is 9.66. The molecule has 2 amide bonds. The zero-order valence-electron chi connectivity index (χ0n) is 19.8. The Morgan fingerprint density at radius 3 is 2.44 bits per heavy atom. The molecule has 0 atom stereocenters. The third-order valence-corrected chi connectivity index (χ3v) is 8.50. The SMILES string of the molecule is CC(=O)NCc1ccc(-c2cnc(C3CCC(NC(=O)O)CC3)s2)c(S(=O)(=O)NC(C)(C)C)c1. The lowest BCUT2D eigenvalue weighted by Gasteiger charge is -2.27. The third-order valence-electron chi connectivity index (χ3n) is 5.51. The normalized spacial score (nSPS) is 18.9. The van der Waals surface area contributed by atoms with E-state index < -0.39 is 21.7 Å². The molecule has 0 saturated heterocycles. The molecule has 0 bridgehead atoms. The first-order valence-corrected chi connectivity index (χ1v) is 13.5. The molecule has 9 nitrogen and oxygen atoms in total. The molecular formula is C23H32N4O5S2. The molecule has 1 aromatic carbocycles. The highest BCUT2D eigenvalue weighted by atomic mass is 32.2. The number of aromatic nitrogens is 1. The number of rotatable bonds is 7. The molecule has 0 radical (unpaired) electrons. The fourth-order valence-corrected chi connectivity index (χ4v) is 6.93. The van der Waals surface area contributed by atoms with Gasteiger partial charge in [-0.15, -0.1) is 11.3 Å². The first-order chi connectivity index (χ1) is 15.8. The number of carboxylic acid groups (broad SMARTS) is 1. The Morgan fingerprint density at radius 1 is 1.18 bits per heavy atom. The Hall–Kier alpha value is -2.50. The van der Waals surface area contributed by atoms with Crippen molar-refractivity contribution in [1.29, 1.82) is 0 Å². The van der Waals surface area contributed by atoms with Crippen LogP contribution in [-0.4, -0.2) is 42.1 Å². The minimum Gasteiger partial charge on any atom is -0.465 e. The zero-order valence-corrected chi connectivity index (χ0v) is 21.5. The molecular weight excluding hydrogens is 476 g/mol. The van der Waals surface area contributed by atoms with Gasteiger partial charge in [0.1, 0.15) is 0 Å². The van der Waals surface area contributed by atoms with Gasteiger partial charge in [-0.25, -0.2) is 22.9 Å². The van der Waals surface area contributed by atoms with Crippen molar-refractivity contribution in [1.82, 2.24) is 20.3 Å². The highest BCUT2D eigenvalue weighted by Crippen LogP contribution is 2.39. The molecule has 0 unspecified atom stereocenters. The van der Waals surface area contributed by atoms with Crippen LogP contribution in [0.3, 0.4) is 0 Å². The molecule has 4 N–H and O–H groups in total. The van der Waals surface area contributed by atoms with E-state index in [9.17, 15) is 18.0 Å². The molecule has 1 aliphatic rings. The van der Waals surface area contributed by atoms with Crippen LogP contribution in [0.4, 0.5) is 4.79 Å². The van der Waals surface area contributed by atoms with E-state index in [0.717, 1.165) is 35.6 Å². The van der Waals surface area contributed by atoms with Gasteiger partial charge in [-0.3, -0.25) is 4.79 Å². The van der Waals surface area contributed by atoms with Crippen molar-refractivity contribution in [3.8, 4) is 10.4 Å². The van der Waals surface area contributed by atoms with E-state index in [1.807, 2.05) is 6.07 Å². The van der Waals surface area contributed by atoms with Crippen LogP contribution in [0.25, 0.3) is 10.4 Å². The number of hydrogen-bond acceptors (Lipinski definition) is 6. The smallest absolute Gasteiger partial charge is 0.404 e. The second-order valence-corrected chi connectivity index (χ2v) is 12.4. The first-order valence-electron chi connectivity index (χ1n) is 11.2. The highest BCUT2D eigenvalue weighted by molar-refractivity contribution is 7.89. The van der Waals surface area contributed by atoms with E-state index >= 15 is 0 Å². The summed E-state index contributed by atoms with van der Waals surface area (Å²) in [5, 5.41) is 15.1. The van der Waals surface area contributed by atoms with Gasteiger partial charge in [-0.2, -0.15) is 0 Å². The van der Waals surface area contributed by atoms with E-state index in [2.05, 4.69) is 20.3 Å². The van der Waals surface area contributed by atoms with Gasteiger partial charge in [0.2, 0.25) is 15.9 Å². The summed E-state index contributed by atoms with van der Waals surface area (Å²) in [5.41, 5.74) is 0.584. The van der Waals surface area contributed by atoms with Gasteiger partial charge >= 0.3 is 6.09 Å². The maximum Gasteiger partial charge on any atom is 0.404 e. The van der Waals surface area contributed by atoms with E-state index in [1.54, 1.807) is 39.1 Å². The molecule has 0 spiro atoms. The topological polar surface area (TPSA) is 137 Å². The maximum absolute atomic E-state index is 13.3. The molecule has 3 rings (SSSR count). The fourth-order valence-electron chi connectivity index (χ4n) is 4.05. The number of thiazole rings is 1. The van der Waals surface area contributed by atoms with Gasteiger partial charge in [-0.1, -0.05) is 12.1 Å². The predicted octanol–water partition coefficient (Wildman–Crippen LogP) is 3.82. The Labute approximate surface area is 204 Å². The van der Waals surface area contributed by atoms with E-state index in [-0.39, 0.29) is 29.3 Å². The summed E-state index contributed by atoms with van der Waals surface area (Å²) >= 11 is 1.47. The lowest BCUT2D eigenvalue weighted by atomic mass is 9.86. The van der Waals surface area contributed by atoms with Gasteiger partial charge in [-0.05, 0) is 58.1 Å². The summed E-state index contributed by atoms with van der Waals surface area (Å²) in [6.45, 7) is 7.00. The Bertz CT molecular complexity index is 1150. The maximum atomic E-state index is 13.3. The van der Waals surface area contributed by atoms with Crippen LogP contribution in [0.1, 0.15) is 69.9 Å². The average Bonchev–Trinajstić information content (AvgIpc) is 3.20. The van der Waals surface area contributed by atoms with Crippen molar-refractivity contribution < 1.29 is 23.1 Å². The van der Waals surface area contributed by atoms with Crippen LogP contribution >= 0.6 is 11.3 Å². The molecule has 1 saturated carbocycles. The number of nitrogens with zero attached hydrogens (tertiary/aromatic N) is 1. The lowest BCUT2D eigenvalue weighted by Crippen LogP contribution is -2.40. The standard InChI is InChI=1S/C23H32N4O5S2/c1-14(28)24-12-15-5-10-18(20(11-15)34(31,32)27-23(2,3)4)19-13-25-21(33-19)16-6-8-17(9-7-16)26-22(29)30/h5,10-11,13,16-17,26-27H,6-9,12H2,1-4H3,(H,24,28)(H,29,30). The van der Waals surface area contributed by atoms with Crippen LogP contribution in [-0.2, 0) is 21.4 Å². The molecule has 0 aliphatic heterocycles. The van der Waals surface area contributed by atoms with Gasteiger partial charge in [0.05, 0.1) is 14.8 Å². The zero-order chi connectivity index (χ0) is 25.1. The van der Waals surface area contributed by atoms with Gasteiger partial charge < -0.3 is 15.7 Å². The van der Waals surface area contributed by atoms with Crippen LogP contribution in [0, 0.1) is 0 Å². The number of nitrogens with one attached hydrogen (secondary N) is 3. The molecule has 1 fully saturated rings. The van der Waals surface area contributed by atoms with Crippen molar-refractivity contribution in [2.45, 2.75) is 82.3 Å². The third kappa shape index (κ3) is 7.00. The second kappa shape index (κ2) is 10.4. The van der Waals surface area contributed by atoms with E-state index in [1.165, 1.54) is 18.3 Å². The van der Waals surface area contributed by atoms with Crippen molar-refractivity contribution in [3.63, 3.8) is 0 Å². The number of benzene rings is 1. The van der Waals surface area contributed by atoms with Crippen LogP contribution in [0.5, 0.6) is 0 Å². The number of amides is 2. The van der Waals surface area contributed by atoms with E-state index in [4.69, 9.17) is 5.11 Å². The molecule has 1 aliphatic carbocycles. The number of hydrogen-bond donors (Lipinski definition) is 4. The summed E-state index contributed by atoms with van der Waals surface area (Å²) in [4.78, 5) is 27.7. The lowest BCUT2D eigenvalue weighted by molar-refractivity contribution is -0.119. The Morgan fingerprint density at radius 2 is 1.85 bits per heavy atom. The van der Waals surface area contributed by atoms with Crippen LogP contribution in [0.2, 0.25) is 0 Å². The molecule has 34 heavy (non-hydrogen) atoms. The number of sulfonamides is 1. The minimum atomic E-state index is -3.84. The summed E-state index contributed by atoms with van der Waals surface area (Å²) in [6.07, 6.45) is 3.85. The van der Waals surface area contributed by atoms with Gasteiger partial charge in [0.15, 0.2) is 0 Å². The molecule has 2 aromatic rings. The summed E-state index contributed by atoms with van der Waals surface area (Å²) in [7, 11) is -3.84. The van der Waals surface area contributed by atoms with Crippen LogP contribution in [0.15, 0.2) is 29.3 Å². The monoisotopic (exact) mass is 508 g/mol. The molecule has 1 heterocycles. The Kier molecular flexibility index (Phi) is 7.99. The molecule has 186 valence electrons. The average molecular weight is 509 g/mol. The highest BCUT2D eigenvalue weighted by Gasteiger charge is 2.28. The predicted molar refractivity (Wildman–Crippen MR) is 131 cm³/mol. The molecule has 1 aromatic heterocycles. The van der Waals surface area contributed by atoms with Crippen molar-refractivity contribution in [2.75, 3.05) is 0 Å². The summed E-state index contributed by atoms with van der Waals surface area (Å²) in [6, 6.07) is 5.13. The van der Waals surface area contributed by atoms with Crippen LogP contribution < -0.4 is 15.4 Å². The first kappa shape index (κ1) is 26.1. The fraction of sp³-hybridized carbons (Fsp3) is 0.522. The van der Waals surface area contributed by atoms with Gasteiger partial charge in [0, 0.05) is 42.7 Å².